The maximum absolute atomic E-state index is 11.9. The molecule has 0 aliphatic rings. The number of carbonyl (C=O) groups excluding carboxylic acids is 1. The second-order valence-corrected chi connectivity index (χ2v) is 7.41. The molecule has 0 bridgehead atoms. The molecular weight excluding hydrogens is 439 g/mol. The molecule has 0 saturated heterocycles. The molecule has 1 amide bonds. The predicted molar refractivity (Wildman–Crippen MR) is 118 cm³/mol. The fourth-order valence-electron chi connectivity index (χ4n) is 3.00. The number of aromatic nitrogens is 3. The van der Waals surface area contributed by atoms with Crippen LogP contribution in [0.5, 0.6) is 11.5 Å². The van der Waals surface area contributed by atoms with Crippen LogP contribution in [-0.2, 0) is 11.3 Å². The topological polar surface area (TPSA) is 74.3 Å². The molecular formula is C22H16Cl2N4O3. The normalized spacial score (nSPS) is 10.6. The van der Waals surface area contributed by atoms with Gasteiger partial charge in [-0.25, -0.2) is 4.98 Å². The fourth-order valence-corrected chi connectivity index (χ4v) is 3.48. The Morgan fingerprint density at radius 2 is 1.81 bits per heavy atom. The minimum Gasteiger partial charge on any atom is -0.619 e. The van der Waals surface area contributed by atoms with Crippen LogP contribution in [0.2, 0.25) is 10.0 Å². The number of halogens is 2. The van der Waals surface area contributed by atoms with Crippen molar-refractivity contribution in [2.75, 3.05) is 4.90 Å². The van der Waals surface area contributed by atoms with Crippen molar-refractivity contribution in [3.63, 3.8) is 0 Å². The van der Waals surface area contributed by atoms with E-state index < -0.39 is 0 Å². The Morgan fingerprint density at radius 3 is 2.48 bits per heavy atom. The summed E-state index contributed by atoms with van der Waals surface area (Å²) < 4.78 is 8.13. The molecule has 0 aliphatic heterocycles. The fraction of sp³-hybridized carbons (Fsp3) is 0.0455. The summed E-state index contributed by atoms with van der Waals surface area (Å²) in [5.74, 6) is 2.26. The van der Waals surface area contributed by atoms with Gasteiger partial charge in [0.15, 0.2) is 18.2 Å². The smallest absolute Gasteiger partial charge is 0.215 e. The monoisotopic (exact) mass is 454 g/mol. The van der Waals surface area contributed by atoms with Gasteiger partial charge in [0.25, 0.3) is 0 Å². The lowest BCUT2D eigenvalue weighted by Gasteiger charge is -2.20. The number of amides is 1. The Kier molecular flexibility index (Phi) is 6.06. The van der Waals surface area contributed by atoms with E-state index in [4.69, 9.17) is 27.9 Å². The van der Waals surface area contributed by atoms with E-state index in [0.717, 1.165) is 12.0 Å². The van der Waals surface area contributed by atoms with Crippen LogP contribution in [0.4, 0.5) is 5.82 Å². The van der Waals surface area contributed by atoms with E-state index in [1.54, 1.807) is 58.1 Å². The summed E-state index contributed by atoms with van der Waals surface area (Å²) in [6.07, 6.45) is 6.75. The molecule has 3 heterocycles. The Morgan fingerprint density at radius 1 is 1.10 bits per heavy atom. The maximum atomic E-state index is 11.9. The number of carbonyl (C=O) groups is 1. The van der Waals surface area contributed by atoms with Crippen LogP contribution >= 0.6 is 23.2 Å². The highest BCUT2D eigenvalue weighted by Crippen LogP contribution is 2.28. The molecule has 4 rings (SSSR count). The summed E-state index contributed by atoms with van der Waals surface area (Å²) in [6.45, 7) is 0.334. The maximum Gasteiger partial charge on any atom is 0.215 e. The van der Waals surface area contributed by atoms with Gasteiger partial charge in [0, 0.05) is 24.5 Å². The zero-order chi connectivity index (χ0) is 21.8. The number of hydrogen-bond donors (Lipinski definition) is 0. The highest BCUT2D eigenvalue weighted by atomic mass is 35.5. The third-order valence-electron chi connectivity index (χ3n) is 4.45. The van der Waals surface area contributed by atoms with Gasteiger partial charge in [-0.2, -0.15) is 4.73 Å². The second kappa shape index (κ2) is 9.07. The van der Waals surface area contributed by atoms with E-state index in [0.29, 0.717) is 44.5 Å². The number of benzene rings is 1. The largest absolute Gasteiger partial charge is 0.619 e. The van der Waals surface area contributed by atoms with Gasteiger partial charge in [-0.3, -0.25) is 14.3 Å². The number of rotatable bonds is 7. The van der Waals surface area contributed by atoms with Crippen molar-refractivity contribution < 1.29 is 14.3 Å². The Hall–Kier alpha value is -3.55. The average Bonchev–Trinajstić information content (AvgIpc) is 3.24. The number of pyridine rings is 2. The SMILES string of the molecule is O=CN(Cc1ccc(Oc2cc[n+]([O-])cc2)cc1)c1cccn1-c1ncc(Cl)cc1Cl. The van der Waals surface area contributed by atoms with E-state index in [1.165, 1.54) is 18.6 Å². The molecule has 7 nitrogen and oxygen atoms in total. The standard InChI is InChI=1S/C22H16Cl2N4O3/c23-17-12-20(24)22(25-13-17)28-9-1-2-21(28)26(15-29)14-16-3-5-18(6-4-16)31-19-7-10-27(30)11-8-19/h1-13,15H,14H2. The highest BCUT2D eigenvalue weighted by Gasteiger charge is 2.15. The van der Waals surface area contributed by atoms with Gasteiger partial charge in [0.1, 0.15) is 17.3 Å². The van der Waals surface area contributed by atoms with E-state index in [9.17, 15) is 10.0 Å². The zero-order valence-electron chi connectivity index (χ0n) is 16.1. The van der Waals surface area contributed by atoms with Crippen molar-refractivity contribution in [1.82, 2.24) is 9.55 Å². The molecule has 0 atom stereocenters. The molecule has 0 fully saturated rings. The molecule has 31 heavy (non-hydrogen) atoms. The molecule has 0 radical (unpaired) electrons. The van der Waals surface area contributed by atoms with Gasteiger partial charge in [-0.1, -0.05) is 35.3 Å². The summed E-state index contributed by atoms with van der Waals surface area (Å²) in [4.78, 5) is 17.7. The molecule has 156 valence electrons. The van der Waals surface area contributed by atoms with E-state index in [1.807, 2.05) is 12.1 Å². The van der Waals surface area contributed by atoms with Crippen molar-refractivity contribution in [3.05, 3.63) is 100 Å². The van der Waals surface area contributed by atoms with Crippen molar-refractivity contribution in [2.24, 2.45) is 0 Å². The lowest BCUT2D eigenvalue weighted by molar-refractivity contribution is -0.605. The summed E-state index contributed by atoms with van der Waals surface area (Å²) >= 11 is 12.2. The molecule has 0 spiro atoms. The van der Waals surface area contributed by atoms with Crippen LogP contribution < -0.4 is 14.4 Å². The Bertz CT molecular complexity index is 1190. The molecule has 0 N–H and O–H groups in total. The van der Waals surface area contributed by atoms with Crippen molar-refractivity contribution in [3.8, 4) is 17.3 Å². The summed E-state index contributed by atoms with van der Waals surface area (Å²) in [6, 6.07) is 15.7. The van der Waals surface area contributed by atoms with Crippen LogP contribution in [0.25, 0.3) is 5.82 Å². The van der Waals surface area contributed by atoms with Crippen LogP contribution in [0, 0.1) is 5.21 Å². The lowest BCUT2D eigenvalue weighted by atomic mass is 10.2. The average molecular weight is 455 g/mol. The molecule has 1 aromatic carbocycles. The second-order valence-electron chi connectivity index (χ2n) is 6.57. The van der Waals surface area contributed by atoms with Crippen molar-refractivity contribution in [1.29, 1.82) is 0 Å². The quantitative estimate of drug-likeness (QED) is 0.229. The van der Waals surface area contributed by atoms with Gasteiger partial charge in [0.05, 0.1) is 16.6 Å². The molecule has 0 unspecified atom stereocenters. The minimum absolute atomic E-state index is 0.334. The number of ether oxygens (including phenoxy) is 1. The first-order chi connectivity index (χ1) is 15.0. The number of anilines is 1. The molecule has 0 aliphatic carbocycles. The van der Waals surface area contributed by atoms with E-state index in [-0.39, 0.29) is 0 Å². The van der Waals surface area contributed by atoms with Gasteiger partial charge in [0.2, 0.25) is 6.41 Å². The number of nitrogens with zero attached hydrogens (tertiary/aromatic N) is 4. The Labute approximate surface area is 188 Å². The van der Waals surface area contributed by atoms with Crippen molar-refractivity contribution in [2.45, 2.75) is 6.54 Å². The minimum atomic E-state index is 0.334. The zero-order valence-corrected chi connectivity index (χ0v) is 17.6. The van der Waals surface area contributed by atoms with Gasteiger partial charge in [-0.15, -0.1) is 0 Å². The number of hydrogen-bond acceptors (Lipinski definition) is 4. The highest BCUT2D eigenvalue weighted by molar-refractivity contribution is 6.35. The first-order valence-corrected chi connectivity index (χ1v) is 9.95. The third kappa shape index (κ3) is 4.79. The lowest BCUT2D eigenvalue weighted by Crippen LogP contribution is -2.23. The van der Waals surface area contributed by atoms with Crippen molar-refractivity contribution >= 4 is 35.4 Å². The molecule has 4 aromatic rings. The van der Waals surface area contributed by atoms with Gasteiger partial charge >= 0.3 is 0 Å². The van der Waals surface area contributed by atoms with E-state index >= 15 is 0 Å². The molecule has 9 heteroatoms. The van der Waals surface area contributed by atoms with Crippen LogP contribution in [0.3, 0.4) is 0 Å². The van der Waals surface area contributed by atoms with E-state index in [2.05, 4.69) is 4.98 Å². The first kappa shape index (κ1) is 20.7. The molecule has 3 aromatic heterocycles. The summed E-state index contributed by atoms with van der Waals surface area (Å²) in [5, 5.41) is 11.9. The van der Waals surface area contributed by atoms with Crippen LogP contribution in [0.1, 0.15) is 5.56 Å². The van der Waals surface area contributed by atoms with Gasteiger partial charge < -0.3 is 9.94 Å². The third-order valence-corrected chi connectivity index (χ3v) is 4.93. The first-order valence-electron chi connectivity index (χ1n) is 9.20. The van der Waals surface area contributed by atoms with Crippen LogP contribution in [-0.4, -0.2) is 16.0 Å². The van der Waals surface area contributed by atoms with Crippen LogP contribution in [0.15, 0.2) is 79.4 Å². The summed E-state index contributed by atoms with van der Waals surface area (Å²) in [7, 11) is 0. The Balaban J connectivity index is 1.52. The molecule has 0 saturated carbocycles. The van der Waals surface area contributed by atoms with Gasteiger partial charge in [-0.05, 0) is 35.9 Å². The predicted octanol–water partition coefficient (Wildman–Crippen LogP) is 4.77. The summed E-state index contributed by atoms with van der Waals surface area (Å²) in [5.41, 5.74) is 0.896.